The minimum atomic E-state index is -0.633. The molecule has 0 saturated heterocycles. The van der Waals surface area contributed by atoms with Crippen molar-refractivity contribution in [2.24, 2.45) is 10.8 Å². The molecule has 4 nitrogen and oxygen atoms in total. The van der Waals surface area contributed by atoms with Crippen LogP contribution in [0.25, 0.3) is 0 Å². The second-order valence-electron chi connectivity index (χ2n) is 3.30. The van der Waals surface area contributed by atoms with E-state index < -0.39 is 6.03 Å². The van der Waals surface area contributed by atoms with Crippen molar-refractivity contribution in [3.63, 3.8) is 0 Å². The van der Waals surface area contributed by atoms with E-state index in [1.807, 2.05) is 18.2 Å². The zero-order valence-corrected chi connectivity index (χ0v) is 9.54. The van der Waals surface area contributed by atoms with Crippen LogP contribution in [0.2, 0.25) is 0 Å². The SMILES string of the molecule is NC(=O)N/N=C1/CCc2c(Br)cccc21. The van der Waals surface area contributed by atoms with Crippen molar-refractivity contribution in [3.05, 3.63) is 33.8 Å². The highest BCUT2D eigenvalue weighted by Gasteiger charge is 2.19. The molecule has 0 bridgehead atoms. The van der Waals surface area contributed by atoms with Crippen molar-refractivity contribution in [3.8, 4) is 0 Å². The van der Waals surface area contributed by atoms with Gasteiger partial charge in [0.15, 0.2) is 0 Å². The van der Waals surface area contributed by atoms with Crippen LogP contribution in [0.15, 0.2) is 27.8 Å². The molecule has 1 aliphatic carbocycles. The highest BCUT2D eigenvalue weighted by atomic mass is 79.9. The van der Waals surface area contributed by atoms with E-state index >= 15 is 0 Å². The molecule has 0 saturated carbocycles. The molecule has 0 aromatic heterocycles. The number of benzene rings is 1. The van der Waals surface area contributed by atoms with Gasteiger partial charge in [-0.3, -0.25) is 0 Å². The molecule has 0 unspecified atom stereocenters. The van der Waals surface area contributed by atoms with Crippen molar-refractivity contribution in [2.45, 2.75) is 12.8 Å². The summed E-state index contributed by atoms with van der Waals surface area (Å²) in [6.45, 7) is 0. The van der Waals surface area contributed by atoms with Gasteiger partial charge in [0, 0.05) is 10.0 Å². The quantitative estimate of drug-likeness (QED) is 0.749. The van der Waals surface area contributed by atoms with E-state index in [0.29, 0.717) is 0 Å². The summed E-state index contributed by atoms with van der Waals surface area (Å²) in [4.78, 5) is 10.5. The first kappa shape index (κ1) is 10.2. The van der Waals surface area contributed by atoms with Crippen molar-refractivity contribution >= 4 is 27.7 Å². The lowest BCUT2D eigenvalue weighted by atomic mass is 10.1. The Labute approximate surface area is 95.7 Å². The molecule has 0 aliphatic heterocycles. The molecule has 78 valence electrons. The third kappa shape index (κ3) is 2.02. The lowest BCUT2D eigenvalue weighted by Gasteiger charge is -2.01. The van der Waals surface area contributed by atoms with Crippen LogP contribution in [0.4, 0.5) is 4.79 Å². The Morgan fingerprint density at radius 3 is 3.00 bits per heavy atom. The average Bonchev–Trinajstić information content (AvgIpc) is 2.59. The fourth-order valence-electron chi connectivity index (χ4n) is 1.70. The van der Waals surface area contributed by atoms with Crippen LogP contribution in [0.1, 0.15) is 17.5 Å². The Morgan fingerprint density at radius 2 is 2.27 bits per heavy atom. The third-order valence-electron chi connectivity index (χ3n) is 2.34. The van der Waals surface area contributed by atoms with Gasteiger partial charge in [0.1, 0.15) is 0 Å². The van der Waals surface area contributed by atoms with Gasteiger partial charge >= 0.3 is 6.03 Å². The Hall–Kier alpha value is -1.36. The summed E-state index contributed by atoms with van der Waals surface area (Å²) in [5, 5.41) is 3.98. The molecule has 5 heteroatoms. The highest BCUT2D eigenvalue weighted by molar-refractivity contribution is 9.10. The zero-order valence-electron chi connectivity index (χ0n) is 7.96. The Bertz CT molecular complexity index is 442. The molecular formula is C10H10BrN3O. The van der Waals surface area contributed by atoms with Crippen LogP contribution < -0.4 is 11.2 Å². The topological polar surface area (TPSA) is 67.5 Å². The number of nitrogens with one attached hydrogen (secondary N) is 1. The number of hydrazone groups is 1. The predicted molar refractivity (Wildman–Crippen MR) is 61.7 cm³/mol. The molecule has 2 amide bonds. The maximum Gasteiger partial charge on any atom is 0.332 e. The summed E-state index contributed by atoms with van der Waals surface area (Å²) in [6.07, 6.45) is 1.77. The number of hydrogen-bond donors (Lipinski definition) is 2. The molecule has 0 fully saturated rings. The summed E-state index contributed by atoms with van der Waals surface area (Å²) >= 11 is 3.49. The number of nitrogens with zero attached hydrogens (tertiary/aromatic N) is 1. The molecule has 0 heterocycles. The maximum absolute atomic E-state index is 10.5. The molecule has 1 aromatic rings. The van der Waals surface area contributed by atoms with E-state index in [1.165, 1.54) is 5.56 Å². The number of amides is 2. The number of hydrogen-bond acceptors (Lipinski definition) is 2. The first-order valence-corrected chi connectivity index (χ1v) is 5.37. The number of carbonyl (C=O) groups is 1. The summed E-state index contributed by atoms with van der Waals surface area (Å²) in [5.41, 5.74) is 10.4. The fourth-order valence-corrected chi connectivity index (χ4v) is 2.26. The summed E-state index contributed by atoms with van der Waals surface area (Å²) in [6, 6.07) is 5.32. The number of halogens is 1. The molecule has 1 aliphatic rings. The molecule has 15 heavy (non-hydrogen) atoms. The maximum atomic E-state index is 10.5. The largest absolute Gasteiger partial charge is 0.350 e. The van der Waals surface area contributed by atoms with Crippen LogP contribution >= 0.6 is 15.9 Å². The molecule has 1 aromatic carbocycles. The monoisotopic (exact) mass is 267 g/mol. The second-order valence-corrected chi connectivity index (χ2v) is 4.15. The van der Waals surface area contributed by atoms with Crippen molar-refractivity contribution in [1.82, 2.24) is 5.43 Å². The lowest BCUT2D eigenvalue weighted by Crippen LogP contribution is -2.25. The number of nitrogens with two attached hydrogens (primary N) is 1. The first-order chi connectivity index (χ1) is 7.18. The molecule has 2 rings (SSSR count). The van der Waals surface area contributed by atoms with Gasteiger partial charge in [0.25, 0.3) is 0 Å². The van der Waals surface area contributed by atoms with Gasteiger partial charge in [-0.25, -0.2) is 10.2 Å². The van der Waals surface area contributed by atoms with Gasteiger partial charge in [-0.15, -0.1) is 0 Å². The average molecular weight is 268 g/mol. The van der Waals surface area contributed by atoms with Gasteiger partial charge in [-0.1, -0.05) is 28.1 Å². The standard InChI is InChI=1S/C10H10BrN3O/c11-8-3-1-2-7-6(8)4-5-9(7)13-14-10(12)15/h1-3H,4-5H2,(H3,12,14,15)/b13-9-. The Balaban J connectivity index is 2.32. The molecule has 0 atom stereocenters. The van der Waals surface area contributed by atoms with Crippen LogP contribution in [0.5, 0.6) is 0 Å². The minimum absolute atomic E-state index is 0.633. The third-order valence-corrected chi connectivity index (χ3v) is 3.09. The molecule has 0 spiro atoms. The van der Waals surface area contributed by atoms with E-state index in [0.717, 1.165) is 28.6 Å². The fraction of sp³-hybridized carbons (Fsp3) is 0.200. The number of urea groups is 1. The summed E-state index contributed by atoms with van der Waals surface area (Å²) in [7, 11) is 0. The molecule has 0 radical (unpaired) electrons. The van der Waals surface area contributed by atoms with E-state index in [4.69, 9.17) is 5.73 Å². The van der Waals surface area contributed by atoms with E-state index in [9.17, 15) is 4.79 Å². The number of fused-ring (bicyclic) bond motifs is 1. The minimum Gasteiger partial charge on any atom is -0.350 e. The van der Waals surface area contributed by atoms with Gasteiger partial charge < -0.3 is 5.73 Å². The number of primary amides is 1. The van der Waals surface area contributed by atoms with Gasteiger partial charge in [-0.05, 0) is 24.5 Å². The van der Waals surface area contributed by atoms with Gasteiger partial charge in [-0.2, -0.15) is 5.10 Å². The Kier molecular flexibility index (Phi) is 2.73. The smallest absolute Gasteiger partial charge is 0.332 e. The zero-order chi connectivity index (χ0) is 10.8. The van der Waals surface area contributed by atoms with E-state index in [1.54, 1.807) is 0 Å². The van der Waals surface area contributed by atoms with Crippen molar-refractivity contribution in [1.29, 1.82) is 0 Å². The summed E-state index contributed by atoms with van der Waals surface area (Å²) < 4.78 is 1.09. The van der Waals surface area contributed by atoms with Crippen LogP contribution in [-0.2, 0) is 6.42 Å². The summed E-state index contributed by atoms with van der Waals surface area (Å²) in [5.74, 6) is 0. The van der Waals surface area contributed by atoms with Crippen molar-refractivity contribution in [2.75, 3.05) is 0 Å². The highest BCUT2D eigenvalue weighted by Crippen LogP contribution is 2.28. The van der Waals surface area contributed by atoms with Gasteiger partial charge in [0.05, 0.1) is 5.71 Å². The van der Waals surface area contributed by atoms with Gasteiger partial charge in [0.2, 0.25) is 0 Å². The van der Waals surface area contributed by atoms with Crippen LogP contribution in [-0.4, -0.2) is 11.7 Å². The lowest BCUT2D eigenvalue weighted by molar-refractivity contribution is 0.249. The molecule has 3 N–H and O–H groups in total. The van der Waals surface area contributed by atoms with Crippen LogP contribution in [0, 0.1) is 0 Å². The molecular weight excluding hydrogens is 258 g/mol. The van der Waals surface area contributed by atoms with E-state index in [2.05, 4.69) is 26.5 Å². The Morgan fingerprint density at radius 1 is 1.47 bits per heavy atom. The van der Waals surface area contributed by atoms with Crippen molar-refractivity contribution < 1.29 is 4.79 Å². The second kappa shape index (κ2) is 4.02. The number of carbonyl (C=O) groups excluding carboxylic acids is 1. The number of rotatable bonds is 1. The first-order valence-electron chi connectivity index (χ1n) is 4.58. The van der Waals surface area contributed by atoms with Crippen LogP contribution in [0.3, 0.4) is 0 Å². The van der Waals surface area contributed by atoms with E-state index in [-0.39, 0.29) is 0 Å². The normalized spacial score (nSPS) is 16.5. The predicted octanol–water partition coefficient (Wildman–Crippen LogP) is 1.77.